The molecule has 0 fully saturated rings. The molecule has 0 aliphatic rings. The first-order valence-electron chi connectivity index (χ1n) is 3.16. The molecule has 4 heteroatoms. The van der Waals surface area contributed by atoms with Gasteiger partial charge in [0.05, 0.1) is 15.4 Å². The Morgan fingerprint density at radius 1 is 1.45 bits per heavy atom. The second-order valence-corrected chi connectivity index (χ2v) is 3.35. The molecule has 0 saturated carbocycles. The topological polar surface area (TPSA) is 54.7 Å². The smallest absolute Gasteiger partial charge is 0.104 e. The highest BCUT2D eigenvalue weighted by molar-refractivity contribution is 14.1. The molecule has 0 radical (unpaired) electrons. The van der Waals surface area contributed by atoms with Crippen molar-refractivity contribution in [1.82, 2.24) is 9.97 Å². The Morgan fingerprint density at radius 3 is 3.09 bits per heavy atom. The fourth-order valence-electron chi connectivity index (χ4n) is 0.989. The summed E-state index contributed by atoms with van der Waals surface area (Å²) in [7, 11) is 0. The number of aromatic amines is 1. The molecule has 56 valence electrons. The van der Waals surface area contributed by atoms with Crippen LogP contribution in [0, 0.1) is 3.57 Å². The molecule has 0 aliphatic carbocycles. The molecule has 11 heavy (non-hydrogen) atoms. The lowest BCUT2D eigenvalue weighted by Crippen LogP contribution is -1.89. The van der Waals surface area contributed by atoms with Crippen molar-refractivity contribution in [2.45, 2.75) is 0 Å². The van der Waals surface area contributed by atoms with Crippen LogP contribution in [0.3, 0.4) is 0 Å². The second kappa shape index (κ2) is 2.37. The number of benzene rings is 1. The van der Waals surface area contributed by atoms with E-state index in [2.05, 4.69) is 32.6 Å². The maximum atomic E-state index is 5.68. The molecule has 1 aromatic heterocycles. The zero-order valence-electron chi connectivity index (χ0n) is 5.63. The molecule has 1 heterocycles. The van der Waals surface area contributed by atoms with Gasteiger partial charge in [0.1, 0.15) is 5.52 Å². The average molecular weight is 259 g/mol. The number of nitrogens with one attached hydrogen (secondary N) is 1. The minimum atomic E-state index is 0.783. The van der Waals surface area contributed by atoms with E-state index in [1.165, 1.54) is 0 Å². The van der Waals surface area contributed by atoms with E-state index >= 15 is 0 Å². The van der Waals surface area contributed by atoms with Gasteiger partial charge in [-0.15, -0.1) is 0 Å². The van der Waals surface area contributed by atoms with Gasteiger partial charge in [-0.05, 0) is 34.7 Å². The number of imidazole rings is 1. The van der Waals surface area contributed by atoms with Crippen molar-refractivity contribution in [2.75, 3.05) is 5.73 Å². The number of halogens is 1. The van der Waals surface area contributed by atoms with Crippen LogP contribution >= 0.6 is 22.6 Å². The third kappa shape index (κ3) is 0.973. The van der Waals surface area contributed by atoms with Crippen LogP contribution < -0.4 is 5.73 Å². The van der Waals surface area contributed by atoms with Crippen LogP contribution in [0.5, 0.6) is 0 Å². The Morgan fingerprint density at radius 2 is 2.27 bits per heavy atom. The monoisotopic (exact) mass is 259 g/mol. The fraction of sp³-hybridized carbons (Fsp3) is 0. The van der Waals surface area contributed by atoms with Crippen molar-refractivity contribution in [1.29, 1.82) is 0 Å². The number of hydrogen-bond donors (Lipinski definition) is 2. The zero-order chi connectivity index (χ0) is 7.84. The van der Waals surface area contributed by atoms with Crippen LogP contribution in [0.25, 0.3) is 11.0 Å². The van der Waals surface area contributed by atoms with Gasteiger partial charge in [-0.1, -0.05) is 0 Å². The Balaban J connectivity index is 2.93. The normalized spacial score (nSPS) is 10.6. The summed E-state index contributed by atoms with van der Waals surface area (Å²) in [6.07, 6.45) is 1.67. The number of fused-ring (bicyclic) bond motifs is 1. The molecule has 1 aromatic carbocycles. The minimum Gasteiger partial charge on any atom is -0.398 e. The van der Waals surface area contributed by atoms with Gasteiger partial charge in [-0.2, -0.15) is 0 Å². The highest BCUT2D eigenvalue weighted by atomic mass is 127. The molecule has 0 spiro atoms. The number of nitrogens with zero attached hydrogens (tertiary/aromatic N) is 1. The van der Waals surface area contributed by atoms with E-state index in [9.17, 15) is 0 Å². The quantitative estimate of drug-likeness (QED) is 0.559. The first-order valence-corrected chi connectivity index (χ1v) is 4.24. The summed E-state index contributed by atoms with van der Waals surface area (Å²) < 4.78 is 1.02. The Labute approximate surface area is 77.1 Å². The van der Waals surface area contributed by atoms with Crippen LogP contribution in [0.4, 0.5) is 5.69 Å². The van der Waals surface area contributed by atoms with Crippen LogP contribution in [0.1, 0.15) is 0 Å². The molecule has 0 unspecified atom stereocenters. The van der Waals surface area contributed by atoms with E-state index in [0.29, 0.717) is 0 Å². The van der Waals surface area contributed by atoms with E-state index in [1.807, 2.05) is 12.1 Å². The van der Waals surface area contributed by atoms with E-state index in [-0.39, 0.29) is 0 Å². The number of nitrogen functional groups attached to an aromatic ring is 1. The summed E-state index contributed by atoms with van der Waals surface area (Å²) in [5.74, 6) is 0. The molecule has 0 bridgehead atoms. The second-order valence-electron chi connectivity index (χ2n) is 2.27. The number of nitrogens with two attached hydrogens (primary N) is 1. The van der Waals surface area contributed by atoms with Gasteiger partial charge in [0.2, 0.25) is 0 Å². The zero-order valence-corrected chi connectivity index (χ0v) is 7.79. The standard InChI is InChI=1S/C7H6IN3/c8-6-4(9)1-2-5-7(6)11-3-10-5/h1-3H,9H2,(H,10,11). The summed E-state index contributed by atoms with van der Waals surface area (Å²) in [6.45, 7) is 0. The lowest BCUT2D eigenvalue weighted by molar-refractivity contribution is 1.34. The first-order chi connectivity index (χ1) is 5.29. The van der Waals surface area contributed by atoms with E-state index in [0.717, 1.165) is 20.3 Å². The third-order valence-electron chi connectivity index (χ3n) is 1.56. The van der Waals surface area contributed by atoms with Gasteiger partial charge in [0.15, 0.2) is 0 Å². The molecular weight excluding hydrogens is 253 g/mol. The average Bonchev–Trinajstić information content (AvgIpc) is 2.45. The summed E-state index contributed by atoms with van der Waals surface area (Å²) >= 11 is 2.19. The SMILES string of the molecule is Nc1ccc2[nH]cnc2c1I. The Hall–Kier alpha value is -0.780. The molecule has 0 atom stereocenters. The van der Waals surface area contributed by atoms with Crippen LogP contribution in [0.2, 0.25) is 0 Å². The van der Waals surface area contributed by atoms with E-state index in [1.54, 1.807) is 6.33 Å². The predicted octanol–water partition coefficient (Wildman–Crippen LogP) is 1.75. The summed E-state index contributed by atoms with van der Waals surface area (Å²) in [6, 6.07) is 3.81. The maximum Gasteiger partial charge on any atom is 0.104 e. The van der Waals surface area contributed by atoms with Crippen molar-refractivity contribution >= 4 is 39.3 Å². The van der Waals surface area contributed by atoms with Gasteiger partial charge in [0, 0.05) is 5.69 Å². The number of rotatable bonds is 0. The van der Waals surface area contributed by atoms with Crippen molar-refractivity contribution in [3.8, 4) is 0 Å². The number of H-pyrrole nitrogens is 1. The van der Waals surface area contributed by atoms with Crippen molar-refractivity contribution in [3.05, 3.63) is 22.0 Å². The molecule has 3 nitrogen and oxygen atoms in total. The van der Waals surface area contributed by atoms with Gasteiger partial charge in [0.25, 0.3) is 0 Å². The van der Waals surface area contributed by atoms with Crippen molar-refractivity contribution < 1.29 is 0 Å². The maximum absolute atomic E-state index is 5.68. The highest BCUT2D eigenvalue weighted by Gasteiger charge is 2.02. The molecular formula is C7H6IN3. The predicted molar refractivity (Wildman–Crippen MR) is 53.2 cm³/mol. The van der Waals surface area contributed by atoms with E-state index in [4.69, 9.17) is 5.73 Å². The van der Waals surface area contributed by atoms with Crippen molar-refractivity contribution in [2.24, 2.45) is 0 Å². The minimum absolute atomic E-state index is 0.783. The largest absolute Gasteiger partial charge is 0.398 e. The van der Waals surface area contributed by atoms with Crippen LogP contribution in [0.15, 0.2) is 18.5 Å². The number of hydrogen-bond acceptors (Lipinski definition) is 2. The summed E-state index contributed by atoms with van der Waals surface area (Å²) in [4.78, 5) is 7.15. The Kier molecular flexibility index (Phi) is 1.49. The van der Waals surface area contributed by atoms with E-state index < -0.39 is 0 Å². The molecule has 0 aliphatic heterocycles. The van der Waals surface area contributed by atoms with Gasteiger partial charge in [-0.3, -0.25) is 0 Å². The molecule has 2 aromatic rings. The lowest BCUT2D eigenvalue weighted by atomic mass is 10.3. The van der Waals surface area contributed by atoms with Crippen LogP contribution in [-0.4, -0.2) is 9.97 Å². The molecule has 2 rings (SSSR count). The third-order valence-corrected chi connectivity index (χ3v) is 2.69. The number of anilines is 1. The fourth-order valence-corrected chi connectivity index (χ4v) is 1.60. The van der Waals surface area contributed by atoms with Gasteiger partial charge in [-0.25, -0.2) is 4.98 Å². The molecule has 3 N–H and O–H groups in total. The first kappa shape index (κ1) is 6.90. The summed E-state index contributed by atoms with van der Waals surface area (Å²) in [5, 5.41) is 0. The Bertz CT molecular complexity index is 393. The van der Waals surface area contributed by atoms with Gasteiger partial charge < -0.3 is 10.7 Å². The summed E-state index contributed by atoms with van der Waals surface area (Å²) in [5.41, 5.74) is 8.45. The molecule has 0 amide bonds. The highest BCUT2D eigenvalue weighted by Crippen LogP contribution is 2.22. The lowest BCUT2D eigenvalue weighted by Gasteiger charge is -1.96. The van der Waals surface area contributed by atoms with Crippen molar-refractivity contribution in [3.63, 3.8) is 0 Å². The molecule has 0 saturated heterocycles. The van der Waals surface area contributed by atoms with Crippen LogP contribution in [-0.2, 0) is 0 Å². The number of aromatic nitrogens is 2. The van der Waals surface area contributed by atoms with Gasteiger partial charge >= 0.3 is 0 Å².